The zero-order valence-electron chi connectivity index (χ0n) is 18.0. The SMILES string of the molecule is O=C1c2ccccc2CCN1CCCCN1CCN(c2nccc3ccccc23)CC1. The van der Waals surface area contributed by atoms with Gasteiger partial charge in [0.25, 0.3) is 5.91 Å². The second kappa shape index (κ2) is 9.06. The molecule has 3 heterocycles. The van der Waals surface area contributed by atoms with Crippen LogP contribution in [0.1, 0.15) is 28.8 Å². The van der Waals surface area contributed by atoms with E-state index in [9.17, 15) is 4.79 Å². The third-order valence-corrected chi connectivity index (χ3v) is 6.66. The van der Waals surface area contributed by atoms with E-state index in [1.807, 2.05) is 29.3 Å². The van der Waals surface area contributed by atoms with Gasteiger partial charge in [0, 0.05) is 56.4 Å². The maximum atomic E-state index is 12.7. The van der Waals surface area contributed by atoms with Gasteiger partial charge >= 0.3 is 0 Å². The molecular weight excluding hydrogens is 384 g/mol. The topological polar surface area (TPSA) is 39.7 Å². The molecule has 2 aliphatic heterocycles. The van der Waals surface area contributed by atoms with Crippen molar-refractivity contribution < 1.29 is 4.79 Å². The highest BCUT2D eigenvalue weighted by molar-refractivity contribution is 5.96. The first-order chi connectivity index (χ1) is 15.3. The summed E-state index contributed by atoms with van der Waals surface area (Å²) in [5, 5.41) is 2.50. The Labute approximate surface area is 184 Å². The molecule has 160 valence electrons. The van der Waals surface area contributed by atoms with Crippen molar-refractivity contribution in [3.8, 4) is 0 Å². The largest absolute Gasteiger partial charge is 0.354 e. The van der Waals surface area contributed by atoms with Crippen LogP contribution in [0, 0.1) is 0 Å². The molecule has 1 aromatic heterocycles. The molecule has 31 heavy (non-hydrogen) atoms. The van der Waals surface area contributed by atoms with Gasteiger partial charge in [-0.25, -0.2) is 4.98 Å². The lowest BCUT2D eigenvalue weighted by molar-refractivity contribution is 0.0735. The quantitative estimate of drug-likeness (QED) is 0.575. The summed E-state index contributed by atoms with van der Waals surface area (Å²) in [5.74, 6) is 1.32. The van der Waals surface area contributed by atoms with E-state index in [1.54, 1.807) is 0 Å². The first-order valence-electron chi connectivity index (χ1n) is 11.5. The van der Waals surface area contributed by atoms with Crippen LogP contribution < -0.4 is 4.90 Å². The van der Waals surface area contributed by atoms with Crippen LogP contribution in [0.4, 0.5) is 5.82 Å². The molecule has 0 N–H and O–H groups in total. The molecule has 0 atom stereocenters. The first-order valence-corrected chi connectivity index (χ1v) is 11.5. The summed E-state index contributed by atoms with van der Waals surface area (Å²) in [7, 11) is 0. The van der Waals surface area contributed by atoms with Crippen LogP contribution >= 0.6 is 0 Å². The van der Waals surface area contributed by atoms with E-state index in [1.165, 1.54) is 16.3 Å². The van der Waals surface area contributed by atoms with Gasteiger partial charge in [-0.1, -0.05) is 42.5 Å². The summed E-state index contributed by atoms with van der Waals surface area (Å²) in [6, 6.07) is 18.6. The molecule has 0 spiro atoms. The molecule has 5 nitrogen and oxygen atoms in total. The fourth-order valence-electron chi connectivity index (χ4n) is 4.86. The van der Waals surface area contributed by atoms with Crippen molar-refractivity contribution in [1.29, 1.82) is 0 Å². The second-order valence-corrected chi connectivity index (χ2v) is 8.59. The van der Waals surface area contributed by atoms with E-state index < -0.39 is 0 Å². The number of hydrogen-bond acceptors (Lipinski definition) is 4. The molecule has 5 heteroatoms. The van der Waals surface area contributed by atoms with Gasteiger partial charge in [0.2, 0.25) is 0 Å². The predicted molar refractivity (Wildman–Crippen MR) is 126 cm³/mol. The van der Waals surface area contributed by atoms with E-state index in [0.717, 1.165) is 76.5 Å². The lowest BCUT2D eigenvalue weighted by atomic mass is 9.99. The number of carbonyl (C=O) groups excluding carboxylic acids is 1. The van der Waals surface area contributed by atoms with Gasteiger partial charge in [0.1, 0.15) is 5.82 Å². The van der Waals surface area contributed by atoms with Gasteiger partial charge in [0.15, 0.2) is 0 Å². The summed E-state index contributed by atoms with van der Waals surface area (Å²) < 4.78 is 0. The van der Waals surface area contributed by atoms with Crippen LogP contribution in [-0.4, -0.2) is 66.5 Å². The fourth-order valence-corrected chi connectivity index (χ4v) is 4.86. The standard InChI is InChI=1S/C26H30N4O/c31-26-24-10-4-2-8-22(24)12-16-30(26)15-6-5-14-28-17-19-29(20-18-28)25-23-9-3-1-7-21(23)11-13-27-25/h1-4,7-11,13H,5-6,12,14-20H2. The zero-order chi connectivity index (χ0) is 21.0. The summed E-state index contributed by atoms with van der Waals surface area (Å²) in [6.07, 6.45) is 5.10. The average molecular weight is 415 g/mol. The summed E-state index contributed by atoms with van der Waals surface area (Å²) >= 11 is 0. The molecule has 1 fully saturated rings. The number of fused-ring (bicyclic) bond motifs is 2. The Balaban J connectivity index is 1.08. The maximum absolute atomic E-state index is 12.7. The molecule has 1 saturated heterocycles. The lowest BCUT2D eigenvalue weighted by Crippen LogP contribution is -2.47. The summed E-state index contributed by atoms with van der Waals surface area (Å²) in [4.78, 5) is 24.4. The van der Waals surface area contributed by atoms with E-state index in [0.29, 0.717) is 0 Å². The van der Waals surface area contributed by atoms with Gasteiger partial charge in [-0.15, -0.1) is 0 Å². The highest BCUT2D eigenvalue weighted by atomic mass is 16.2. The monoisotopic (exact) mass is 414 g/mol. The molecule has 3 aromatic rings. The minimum absolute atomic E-state index is 0.207. The molecule has 0 aliphatic carbocycles. The molecule has 0 unspecified atom stereocenters. The number of nitrogens with zero attached hydrogens (tertiary/aromatic N) is 4. The minimum atomic E-state index is 0.207. The molecule has 2 aromatic carbocycles. The Bertz CT molecular complexity index is 1050. The average Bonchev–Trinajstić information content (AvgIpc) is 2.83. The van der Waals surface area contributed by atoms with Gasteiger partial charge in [-0.05, 0) is 48.9 Å². The molecule has 2 aliphatic rings. The van der Waals surface area contributed by atoms with Crippen LogP contribution in [0.2, 0.25) is 0 Å². The predicted octanol–water partition coefficient (Wildman–Crippen LogP) is 3.84. The molecule has 5 rings (SSSR count). The van der Waals surface area contributed by atoms with Crippen LogP contribution in [-0.2, 0) is 6.42 Å². The van der Waals surface area contributed by atoms with Crippen LogP contribution in [0.3, 0.4) is 0 Å². The summed E-state index contributed by atoms with van der Waals surface area (Å²) in [5.41, 5.74) is 2.09. The Hall–Kier alpha value is -2.92. The van der Waals surface area contributed by atoms with Crippen molar-refractivity contribution in [1.82, 2.24) is 14.8 Å². The number of pyridine rings is 1. The number of anilines is 1. The van der Waals surface area contributed by atoms with Crippen molar-refractivity contribution in [3.05, 3.63) is 71.9 Å². The number of carbonyl (C=O) groups is 1. The molecule has 1 amide bonds. The third kappa shape index (κ3) is 4.28. The number of unbranched alkanes of at least 4 members (excludes halogenated alkanes) is 1. The van der Waals surface area contributed by atoms with Crippen molar-refractivity contribution in [2.45, 2.75) is 19.3 Å². The van der Waals surface area contributed by atoms with Crippen LogP contribution in [0.25, 0.3) is 10.8 Å². The zero-order valence-corrected chi connectivity index (χ0v) is 18.0. The van der Waals surface area contributed by atoms with E-state index in [2.05, 4.69) is 51.2 Å². The highest BCUT2D eigenvalue weighted by Crippen LogP contribution is 2.25. The van der Waals surface area contributed by atoms with Gasteiger partial charge in [-0.3, -0.25) is 9.69 Å². The molecule has 0 radical (unpaired) electrons. The Morgan fingerprint density at radius 3 is 2.48 bits per heavy atom. The number of amides is 1. The van der Waals surface area contributed by atoms with E-state index in [-0.39, 0.29) is 5.91 Å². The van der Waals surface area contributed by atoms with E-state index >= 15 is 0 Å². The van der Waals surface area contributed by atoms with Gasteiger partial charge in [-0.2, -0.15) is 0 Å². The second-order valence-electron chi connectivity index (χ2n) is 8.59. The van der Waals surface area contributed by atoms with Crippen LogP contribution in [0.5, 0.6) is 0 Å². The Morgan fingerprint density at radius 1 is 0.806 bits per heavy atom. The smallest absolute Gasteiger partial charge is 0.254 e. The van der Waals surface area contributed by atoms with E-state index in [4.69, 9.17) is 0 Å². The molecular formula is C26H30N4O. The normalized spacial score (nSPS) is 17.2. The lowest BCUT2D eigenvalue weighted by Gasteiger charge is -2.36. The van der Waals surface area contributed by atoms with Crippen molar-refractivity contribution >= 4 is 22.5 Å². The number of hydrogen-bond donors (Lipinski definition) is 0. The number of benzene rings is 2. The van der Waals surface area contributed by atoms with Crippen LogP contribution in [0.15, 0.2) is 60.8 Å². The Kier molecular flexibility index (Phi) is 5.85. The number of rotatable bonds is 6. The van der Waals surface area contributed by atoms with Gasteiger partial charge < -0.3 is 9.80 Å². The van der Waals surface area contributed by atoms with Crippen molar-refractivity contribution in [2.24, 2.45) is 0 Å². The maximum Gasteiger partial charge on any atom is 0.254 e. The summed E-state index contributed by atoms with van der Waals surface area (Å²) in [6.45, 7) is 7.00. The van der Waals surface area contributed by atoms with Crippen molar-refractivity contribution in [3.63, 3.8) is 0 Å². The first kappa shape index (κ1) is 20.0. The fraction of sp³-hybridized carbons (Fsp3) is 0.385. The molecule has 0 saturated carbocycles. The van der Waals surface area contributed by atoms with Crippen molar-refractivity contribution in [2.75, 3.05) is 50.7 Å². The number of aromatic nitrogens is 1. The van der Waals surface area contributed by atoms with Gasteiger partial charge in [0.05, 0.1) is 0 Å². The third-order valence-electron chi connectivity index (χ3n) is 6.66. The minimum Gasteiger partial charge on any atom is -0.354 e. The molecule has 0 bridgehead atoms. The Morgan fingerprint density at radius 2 is 1.58 bits per heavy atom. The highest BCUT2D eigenvalue weighted by Gasteiger charge is 2.23. The number of piperazine rings is 1.